The van der Waals surface area contributed by atoms with Gasteiger partial charge in [-0.3, -0.25) is 14.7 Å². The molecule has 2 amide bonds. The lowest BCUT2D eigenvalue weighted by Crippen LogP contribution is -2.54. The zero-order valence-electron chi connectivity index (χ0n) is 11.3. The summed E-state index contributed by atoms with van der Waals surface area (Å²) in [6.07, 6.45) is -3.36. The van der Waals surface area contributed by atoms with Gasteiger partial charge in [-0.1, -0.05) is 0 Å². The molecule has 0 radical (unpaired) electrons. The van der Waals surface area contributed by atoms with Crippen molar-refractivity contribution in [2.75, 3.05) is 7.05 Å². The van der Waals surface area contributed by atoms with Gasteiger partial charge in [0.1, 0.15) is 12.0 Å². The minimum Gasteiger partial charge on any atom is -0.344 e. The van der Waals surface area contributed by atoms with E-state index in [0.29, 0.717) is 5.69 Å². The predicted molar refractivity (Wildman–Crippen MR) is 65.8 cm³/mol. The average Bonchev–Trinajstić information content (AvgIpc) is 2.89. The molecule has 116 valence electrons. The number of carbonyl (C=O) groups is 2. The van der Waals surface area contributed by atoms with Crippen molar-refractivity contribution in [3.8, 4) is 0 Å². The molecule has 2 rings (SSSR count). The molecule has 0 aromatic carbocycles. The van der Waals surface area contributed by atoms with E-state index in [1.165, 1.54) is 18.1 Å². The smallest absolute Gasteiger partial charge is 0.344 e. The zero-order valence-corrected chi connectivity index (χ0v) is 11.3. The van der Waals surface area contributed by atoms with Crippen LogP contribution in [0.15, 0.2) is 12.3 Å². The summed E-state index contributed by atoms with van der Waals surface area (Å²) < 4.78 is 37.6. The van der Waals surface area contributed by atoms with E-state index in [-0.39, 0.29) is 19.4 Å². The van der Waals surface area contributed by atoms with E-state index < -0.39 is 30.0 Å². The van der Waals surface area contributed by atoms with Crippen LogP contribution in [0, 0.1) is 5.92 Å². The van der Waals surface area contributed by atoms with Gasteiger partial charge >= 0.3 is 6.18 Å². The second kappa shape index (κ2) is 5.74. The zero-order chi connectivity index (χ0) is 15.6. The minimum atomic E-state index is -4.48. The Bertz CT molecular complexity index is 515. The summed E-state index contributed by atoms with van der Waals surface area (Å²) in [5.74, 6) is -2.44. The first-order valence-corrected chi connectivity index (χ1v) is 6.39. The summed E-state index contributed by atoms with van der Waals surface area (Å²) in [4.78, 5) is 25.2. The maximum Gasteiger partial charge on any atom is 0.408 e. The summed E-state index contributed by atoms with van der Waals surface area (Å²) in [6, 6.07) is -0.198. The highest BCUT2D eigenvalue weighted by Crippen LogP contribution is 2.29. The van der Waals surface area contributed by atoms with Gasteiger partial charge < -0.3 is 10.2 Å². The Labute approximate surface area is 118 Å². The number of piperidine rings is 1. The lowest BCUT2D eigenvalue weighted by molar-refractivity contribution is -0.172. The molecular formula is C12H15F3N4O2. The molecule has 1 saturated heterocycles. The molecule has 1 aromatic rings. The van der Waals surface area contributed by atoms with E-state index >= 15 is 0 Å². The molecule has 2 N–H and O–H groups in total. The van der Waals surface area contributed by atoms with Crippen molar-refractivity contribution in [1.29, 1.82) is 0 Å². The topological polar surface area (TPSA) is 78.1 Å². The van der Waals surface area contributed by atoms with Crippen molar-refractivity contribution >= 4 is 11.8 Å². The molecule has 0 spiro atoms. The molecule has 1 aliphatic rings. The van der Waals surface area contributed by atoms with E-state index in [0.717, 1.165) is 0 Å². The summed E-state index contributed by atoms with van der Waals surface area (Å²) in [5.41, 5.74) is 0.676. The molecule has 0 saturated carbocycles. The van der Waals surface area contributed by atoms with Crippen molar-refractivity contribution in [3.05, 3.63) is 18.0 Å². The van der Waals surface area contributed by atoms with Crippen LogP contribution in [-0.2, 0) is 16.1 Å². The van der Waals surface area contributed by atoms with Crippen LogP contribution in [0.5, 0.6) is 0 Å². The van der Waals surface area contributed by atoms with E-state index in [4.69, 9.17) is 0 Å². The van der Waals surface area contributed by atoms with Gasteiger partial charge in [-0.2, -0.15) is 18.3 Å². The lowest BCUT2D eigenvalue weighted by Gasteiger charge is -2.31. The molecule has 1 aliphatic heterocycles. The van der Waals surface area contributed by atoms with Crippen LogP contribution in [0.3, 0.4) is 0 Å². The number of amides is 2. The van der Waals surface area contributed by atoms with Crippen molar-refractivity contribution < 1.29 is 22.8 Å². The minimum absolute atomic E-state index is 0.109. The van der Waals surface area contributed by atoms with Gasteiger partial charge in [-0.15, -0.1) is 0 Å². The maximum absolute atomic E-state index is 12.5. The number of nitrogens with one attached hydrogen (secondary N) is 2. The van der Waals surface area contributed by atoms with Gasteiger partial charge in [0.05, 0.1) is 12.2 Å². The highest BCUT2D eigenvalue weighted by atomic mass is 19.4. The highest BCUT2D eigenvalue weighted by Gasteiger charge is 2.46. The van der Waals surface area contributed by atoms with Crippen LogP contribution in [0.2, 0.25) is 0 Å². The molecule has 9 heteroatoms. The molecule has 2 heterocycles. The number of alkyl halides is 3. The summed E-state index contributed by atoms with van der Waals surface area (Å²) >= 11 is 0. The second-order valence-electron chi connectivity index (χ2n) is 5.01. The average molecular weight is 304 g/mol. The summed E-state index contributed by atoms with van der Waals surface area (Å²) in [6.45, 7) is 0.214. The Morgan fingerprint density at radius 3 is 2.71 bits per heavy atom. The summed E-state index contributed by atoms with van der Waals surface area (Å²) in [5, 5.41) is 8.27. The van der Waals surface area contributed by atoms with Crippen molar-refractivity contribution in [1.82, 2.24) is 20.4 Å². The number of H-pyrrole nitrogens is 1. The normalized spacial score (nSPS) is 22.8. The van der Waals surface area contributed by atoms with Crippen molar-refractivity contribution in [2.24, 2.45) is 5.92 Å². The van der Waals surface area contributed by atoms with Crippen molar-refractivity contribution in [2.45, 2.75) is 31.6 Å². The van der Waals surface area contributed by atoms with Crippen LogP contribution in [0.4, 0.5) is 13.2 Å². The SMILES string of the molecule is CN(Cc1ccn[nH]1)C(=O)C1CCC(C(F)(F)F)NC1=O. The fraction of sp³-hybridized carbons (Fsp3) is 0.583. The molecule has 2 unspecified atom stereocenters. The molecular weight excluding hydrogens is 289 g/mol. The molecule has 1 fully saturated rings. The third-order valence-corrected chi connectivity index (χ3v) is 3.41. The Morgan fingerprint density at radius 2 is 2.19 bits per heavy atom. The van der Waals surface area contributed by atoms with Gasteiger partial charge in [0.15, 0.2) is 0 Å². The first-order valence-electron chi connectivity index (χ1n) is 6.39. The van der Waals surface area contributed by atoms with E-state index in [1.807, 2.05) is 5.32 Å². The van der Waals surface area contributed by atoms with E-state index in [9.17, 15) is 22.8 Å². The quantitative estimate of drug-likeness (QED) is 0.812. The van der Waals surface area contributed by atoms with Crippen molar-refractivity contribution in [3.63, 3.8) is 0 Å². The van der Waals surface area contributed by atoms with Crippen LogP contribution in [0.25, 0.3) is 0 Å². The Morgan fingerprint density at radius 1 is 1.48 bits per heavy atom. The van der Waals surface area contributed by atoms with Gasteiger partial charge in [0, 0.05) is 13.2 Å². The lowest BCUT2D eigenvalue weighted by atomic mass is 9.92. The maximum atomic E-state index is 12.5. The Kier molecular flexibility index (Phi) is 4.19. The van der Waals surface area contributed by atoms with Gasteiger partial charge in [0.25, 0.3) is 0 Å². The number of hydrogen-bond donors (Lipinski definition) is 2. The number of aromatic amines is 1. The van der Waals surface area contributed by atoms with Gasteiger partial charge in [-0.25, -0.2) is 0 Å². The monoisotopic (exact) mass is 304 g/mol. The molecule has 0 aliphatic carbocycles. The molecule has 21 heavy (non-hydrogen) atoms. The van der Waals surface area contributed by atoms with Gasteiger partial charge in [-0.05, 0) is 18.9 Å². The third kappa shape index (κ3) is 3.53. The number of nitrogens with zero attached hydrogens (tertiary/aromatic N) is 2. The number of rotatable bonds is 3. The Balaban J connectivity index is 1.96. The third-order valence-electron chi connectivity index (χ3n) is 3.41. The fourth-order valence-corrected chi connectivity index (χ4v) is 2.26. The van der Waals surface area contributed by atoms with Gasteiger partial charge in [0.2, 0.25) is 11.8 Å². The molecule has 1 aromatic heterocycles. The number of carbonyl (C=O) groups excluding carboxylic acids is 2. The van der Waals surface area contributed by atoms with E-state index in [2.05, 4.69) is 10.2 Å². The predicted octanol–water partition coefficient (Wildman–Crippen LogP) is 0.825. The van der Waals surface area contributed by atoms with Crippen LogP contribution in [0.1, 0.15) is 18.5 Å². The standard InChI is InChI=1S/C12H15F3N4O2/c1-19(6-7-4-5-16-18-7)11(21)8-2-3-9(12(13,14)15)17-10(8)20/h4-5,8-9H,2-3,6H2,1H3,(H,16,18)(H,17,20). The highest BCUT2D eigenvalue weighted by molar-refractivity contribution is 6.00. The Hall–Kier alpha value is -2.06. The first kappa shape index (κ1) is 15.3. The largest absolute Gasteiger partial charge is 0.408 e. The van der Waals surface area contributed by atoms with Crippen LogP contribution in [-0.4, -0.2) is 46.2 Å². The molecule has 0 bridgehead atoms. The second-order valence-corrected chi connectivity index (χ2v) is 5.01. The van der Waals surface area contributed by atoms with E-state index in [1.54, 1.807) is 6.07 Å². The fourth-order valence-electron chi connectivity index (χ4n) is 2.26. The molecule has 2 atom stereocenters. The van der Waals surface area contributed by atoms with Crippen LogP contribution >= 0.6 is 0 Å². The number of hydrogen-bond acceptors (Lipinski definition) is 3. The summed E-state index contributed by atoms with van der Waals surface area (Å²) in [7, 11) is 1.49. The number of aromatic nitrogens is 2. The first-order chi connectivity index (χ1) is 9.79. The number of halogens is 3. The van der Waals surface area contributed by atoms with Crippen LogP contribution < -0.4 is 5.32 Å². The molecule has 6 nitrogen and oxygen atoms in total.